The van der Waals surface area contributed by atoms with E-state index in [1.54, 1.807) is 11.3 Å². The molecule has 0 bridgehead atoms. The second-order valence-electron chi connectivity index (χ2n) is 6.21. The van der Waals surface area contributed by atoms with Crippen LogP contribution in [0.2, 0.25) is 0 Å². The van der Waals surface area contributed by atoms with Crippen LogP contribution in [0.1, 0.15) is 33.6 Å². The molecule has 3 rings (SSSR count). The monoisotopic (exact) mass is 342 g/mol. The molecule has 0 radical (unpaired) electrons. The van der Waals surface area contributed by atoms with Crippen molar-refractivity contribution >= 4 is 23.2 Å². The van der Waals surface area contributed by atoms with Gasteiger partial charge >= 0.3 is 0 Å². The van der Waals surface area contributed by atoms with Crippen LogP contribution in [0.5, 0.6) is 0 Å². The fraction of sp³-hybridized carbons (Fsp3) is 0.368. The van der Waals surface area contributed by atoms with Gasteiger partial charge in [0, 0.05) is 29.6 Å². The normalized spacial score (nSPS) is 15.3. The van der Waals surface area contributed by atoms with Crippen LogP contribution >= 0.6 is 11.3 Å². The fourth-order valence-electron chi connectivity index (χ4n) is 3.06. The number of hydrogen-bond donors (Lipinski definition) is 1. The van der Waals surface area contributed by atoms with E-state index in [2.05, 4.69) is 5.32 Å². The summed E-state index contributed by atoms with van der Waals surface area (Å²) in [7, 11) is 0. The third-order valence-electron chi connectivity index (χ3n) is 4.44. The minimum atomic E-state index is 0.0705. The molecule has 1 aliphatic rings. The van der Waals surface area contributed by atoms with Crippen LogP contribution in [-0.4, -0.2) is 35.8 Å². The first-order valence-electron chi connectivity index (χ1n) is 8.30. The molecule has 1 N–H and O–H groups in total. The van der Waals surface area contributed by atoms with Crippen LogP contribution in [0, 0.1) is 6.92 Å². The molecule has 0 saturated carbocycles. The minimum absolute atomic E-state index is 0.0705. The Morgan fingerprint density at radius 1 is 1.17 bits per heavy atom. The van der Waals surface area contributed by atoms with Crippen LogP contribution in [0.25, 0.3) is 0 Å². The van der Waals surface area contributed by atoms with Crippen molar-refractivity contribution in [3.8, 4) is 0 Å². The van der Waals surface area contributed by atoms with Gasteiger partial charge in [0.2, 0.25) is 5.91 Å². The Morgan fingerprint density at radius 2 is 1.92 bits per heavy atom. The average molecular weight is 342 g/mol. The van der Waals surface area contributed by atoms with Crippen molar-refractivity contribution < 1.29 is 9.59 Å². The molecule has 0 aliphatic carbocycles. The van der Waals surface area contributed by atoms with Gasteiger partial charge in [-0.3, -0.25) is 9.59 Å². The van der Waals surface area contributed by atoms with E-state index >= 15 is 0 Å². The van der Waals surface area contributed by atoms with Crippen molar-refractivity contribution in [3.05, 3.63) is 57.8 Å². The van der Waals surface area contributed by atoms with Crippen molar-refractivity contribution in [2.24, 2.45) is 0 Å². The number of aryl methyl sites for hydroxylation is 1. The summed E-state index contributed by atoms with van der Waals surface area (Å²) in [5.74, 6) is 0.164. The molecule has 1 saturated heterocycles. The molecule has 2 amide bonds. The summed E-state index contributed by atoms with van der Waals surface area (Å²) in [5.41, 5.74) is 1.78. The smallest absolute Gasteiger partial charge is 0.254 e. The summed E-state index contributed by atoms with van der Waals surface area (Å²) in [5, 5.41) is 5.08. The van der Waals surface area contributed by atoms with Gasteiger partial charge in [0.1, 0.15) is 0 Å². The molecule has 0 unspecified atom stereocenters. The molecular weight excluding hydrogens is 320 g/mol. The quantitative estimate of drug-likeness (QED) is 0.928. The van der Waals surface area contributed by atoms with Gasteiger partial charge in [0.25, 0.3) is 5.91 Å². The fourth-order valence-corrected chi connectivity index (χ4v) is 3.76. The molecule has 1 aromatic heterocycles. The van der Waals surface area contributed by atoms with Crippen molar-refractivity contribution in [1.29, 1.82) is 0 Å². The molecule has 24 heavy (non-hydrogen) atoms. The van der Waals surface area contributed by atoms with Gasteiger partial charge in [-0.2, -0.15) is 0 Å². The second-order valence-corrected chi connectivity index (χ2v) is 7.24. The summed E-state index contributed by atoms with van der Waals surface area (Å²) in [6, 6.07) is 11.8. The maximum Gasteiger partial charge on any atom is 0.254 e. The lowest BCUT2D eigenvalue weighted by Gasteiger charge is -2.32. The molecule has 4 nitrogen and oxygen atoms in total. The molecule has 5 heteroatoms. The van der Waals surface area contributed by atoms with Gasteiger partial charge in [-0.1, -0.05) is 24.3 Å². The third kappa shape index (κ3) is 4.03. The Bertz CT molecular complexity index is 704. The van der Waals surface area contributed by atoms with E-state index in [0.717, 1.165) is 28.8 Å². The average Bonchev–Trinajstić information content (AvgIpc) is 3.08. The number of nitrogens with zero attached hydrogens (tertiary/aromatic N) is 1. The first-order valence-corrected chi connectivity index (χ1v) is 9.18. The van der Waals surface area contributed by atoms with Crippen molar-refractivity contribution in [2.75, 3.05) is 13.1 Å². The molecule has 2 aromatic rings. The van der Waals surface area contributed by atoms with E-state index in [9.17, 15) is 9.59 Å². The van der Waals surface area contributed by atoms with Crippen molar-refractivity contribution in [2.45, 2.75) is 32.2 Å². The number of thiophene rings is 1. The van der Waals surface area contributed by atoms with Crippen LogP contribution in [0.3, 0.4) is 0 Å². The Hall–Kier alpha value is -2.14. The number of rotatable bonds is 4. The number of piperidine rings is 1. The molecular formula is C19H22N2O2S. The summed E-state index contributed by atoms with van der Waals surface area (Å²) in [6.07, 6.45) is 2.07. The number of carbonyl (C=O) groups is 2. The zero-order valence-electron chi connectivity index (χ0n) is 13.8. The number of amides is 2. The lowest BCUT2D eigenvalue weighted by atomic mass is 10.0. The topological polar surface area (TPSA) is 49.4 Å². The lowest BCUT2D eigenvalue weighted by Crippen LogP contribution is -2.47. The van der Waals surface area contributed by atoms with E-state index < -0.39 is 0 Å². The SMILES string of the molecule is Cc1ccccc1C(=O)N1CCC(NC(=O)Cc2cccs2)CC1. The Kier molecular flexibility index (Phi) is 5.30. The van der Waals surface area contributed by atoms with Gasteiger partial charge < -0.3 is 10.2 Å². The number of carbonyl (C=O) groups excluding carboxylic acids is 2. The maximum atomic E-state index is 12.6. The molecule has 1 aliphatic heterocycles. The van der Waals surface area contributed by atoms with Gasteiger partial charge in [-0.25, -0.2) is 0 Å². The van der Waals surface area contributed by atoms with Gasteiger partial charge in [0.15, 0.2) is 0 Å². The maximum absolute atomic E-state index is 12.6. The highest BCUT2D eigenvalue weighted by molar-refractivity contribution is 7.10. The van der Waals surface area contributed by atoms with Crippen LogP contribution < -0.4 is 5.32 Å². The number of hydrogen-bond acceptors (Lipinski definition) is 3. The lowest BCUT2D eigenvalue weighted by molar-refractivity contribution is -0.121. The van der Waals surface area contributed by atoms with Crippen molar-refractivity contribution in [1.82, 2.24) is 10.2 Å². The Balaban J connectivity index is 1.50. The molecule has 2 heterocycles. The largest absolute Gasteiger partial charge is 0.353 e. The van der Waals surface area contributed by atoms with Gasteiger partial charge in [0.05, 0.1) is 6.42 Å². The first kappa shape index (κ1) is 16.7. The van der Waals surface area contributed by atoms with Gasteiger partial charge in [-0.15, -0.1) is 11.3 Å². The first-order chi connectivity index (χ1) is 11.6. The van der Waals surface area contributed by atoms with E-state index in [1.165, 1.54) is 0 Å². The standard InChI is InChI=1S/C19H22N2O2S/c1-14-5-2-3-7-17(14)19(23)21-10-8-15(9-11-21)20-18(22)13-16-6-4-12-24-16/h2-7,12,15H,8-11,13H2,1H3,(H,20,22). The van der Waals surface area contributed by atoms with Crippen LogP contribution in [0.15, 0.2) is 41.8 Å². The van der Waals surface area contributed by atoms with Crippen molar-refractivity contribution in [3.63, 3.8) is 0 Å². The summed E-state index contributed by atoms with van der Waals surface area (Å²) < 4.78 is 0. The summed E-state index contributed by atoms with van der Waals surface area (Å²) >= 11 is 1.60. The zero-order valence-corrected chi connectivity index (χ0v) is 14.6. The summed E-state index contributed by atoms with van der Waals surface area (Å²) in [4.78, 5) is 27.7. The van der Waals surface area contributed by atoms with Crippen LogP contribution in [-0.2, 0) is 11.2 Å². The number of likely N-dealkylation sites (tertiary alicyclic amines) is 1. The predicted molar refractivity (Wildman–Crippen MR) is 96.3 cm³/mol. The van der Waals surface area contributed by atoms with Gasteiger partial charge in [-0.05, 0) is 42.8 Å². The third-order valence-corrected chi connectivity index (χ3v) is 5.31. The molecule has 0 spiro atoms. The number of benzene rings is 1. The highest BCUT2D eigenvalue weighted by Gasteiger charge is 2.25. The highest BCUT2D eigenvalue weighted by atomic mass is 32.1. The van der Waals surface area contributed by atoms with Crippen LogP contribution in [0.4, 0.5) is 0 Å². The van der Waals surface area contributed by atoms with E-state index in [0.29, 0.717) is 19.5 Å². The molecule has 1 aromatic carbocycles. The predicted octanol–water partition coefficient (Wildman–Crippen LogP) is 3.02. The molecule has 1 fully saturated rings. The summed E-state index contributed by atoms with van der Waals surface area (Å²) in [6.45, 7) is 3.35. The van der Waals surface area contributed by atoms with E-state index in [-0.39, 0.29) is 17.9 Å². The molecule has 0 atom stereocenters. The second kappa shape index (κ2) is 7.62. The zero-order chi connectivity index (χ0) is 16.9. The molecule has 126 valence electrons. The number of nitrogens with one attached hydrogen (secondary N) is 1. The van der Waals surface area contributed by atoms with E-state index in [4.69, 9.17) is 0 Å². The highest BCUT2D eigenvalue weighted by Crippen LogP contribution is 2.17. The van der Waals surface area contributed by atoms with E-state index in [1.807, 2.05) is 53.6 Å². The Labute approximate surface area is 146 Å². The Morgan fingerprint density at radius 3 is 2.58 bits per heavy atom. The minimum Gasteiger partial charge on any atom is -0.353 e.